The number of aromatic hydroxyl groups is 2. The molecule has 0 heterocycles. The Morgan fingerprint density at radius 1 is 0.962 bits per heavy atom. The molecule has 0 aromatic heterocycles. The second-order valence-corrected chi connectivity index (χ2v) is 5.92. The minimum atomic E-state index is 0.157. The third kappa shape index (κ3) is 4.42. The Labute approximate surface area is 154 Å². The monoisotopic (exact) mass is 354 g/mol. The molecule has 2 rings (SSSR count). The minimum Gasteiger partial charge on any atom is -0.507 e. The Hall–Kier alpha value is -2.82. The first kappa shape index (κ1) is 19.5. The summed E-state index contributed by atoms with van der Waals surface area (Å²) >= 11 is 0. The lowest BCUT2D eigenvalue weighted by molar-refractivity contribution is 0.337. The predicted octanol–water partition coefficient (Wildman–Crippen LogP) is 3.99. The maximum absolute atomic E-state index is 10.2. The number of phenols is 2. The van der Waals surface area contributed by atoms with Gasteiger partial charge >= 0.3 is 0 Å². The highest BCUT2D eigenvalue weighted by atomic mass is 16.5. The van der Waals surface area contributed by atoms with Gasteiger partial charge in [-0.1, -0.05) is 18.2 Å². The Bertz CT molecular complexity index is 826. The van der Waals surface area contributed by atoms with Crippen molar-refractivity contribution < 1.29 is 14.9 Å². The summed E-state index contributed by atoms with van der Waals surface area (Å²) in [6, 6.07) is 10.7. The molecule has 138 valence electrons. The normalized spacial score (nSPS) is 12.3. The minimum absolute atomic E-state index is 0.157. The number of aliphatic imine (C=N–C) groups is 2. The summed E-state index contributed by atoms with van der Waals surface area (Å²) in [5.41, 5.74) is 3.89. The fourth-order valence-electron chi connectivity index (χ4n) is 2.91. The topological polar surface area (TPSA) is 74.4 Å². The number of hydrogen-bond donors (Lipinski definition) is 2. The zero-order valence-electron chi connectivity index (χ0n) is 15.8. The zero-order chi connectivity index (χ0) is 19.1. The average molecular weight is 354 g/mol. The van der Waals surface area contributed by atoms with Gasteiger partial charge in [0.15, 0.2) is 0 Å². The predicted molar refractivity (Wildman–Crippen MR) is 106 cm³/mol. The molecule has 0 aliphatic heterocycles. The molecular formula is C21H26N2O3. The van der Waals surface area contributed by atoms with E-state index in [4.69, 9.17) is 4.74 Å². The molecule has 5 heteroatoms. The van der Waals surface area contributed by atoms with Crippen LogP contribution in [0, 0.1) is 0 Å². The van der Waals surface area contributed by atoms with E-state index in [2.05, 4.69) is 9.98 Å². The molecule has 2 N–H and O–H groups in total. The van der Waals surface area contributed by atoms with Gasteiger partial charge in [-0.2, -0.15) is 0 Å². The smallest absolute Gasteiger partial charge is 0.132 e. The molecule has 0 fully saturated rings. The second-order valence-electron chi connectivity index (χ2n) is 5.92. The summed E-state index contributed by atoms with van der Waals surface area (Å²) in [5.74, 6) is 1.01. The van der Waals surface area contributed by atoms with Crippen molar-refractivity contribution in [1.29, 1.82) is 0 Å². The molecule has 0 atom stereocenters. The van der Waals surface area contributed by atoms with Crippen molar-refractivity contribution in [3.05, 3.63) is 53.1 Å². The molecule has 0 radical (unpaired) electrons. The van der Waals surface area contributed by atoms with E-state index in [9.17, 15) is 10.2 Å². The fourth-order valence-corrected chi connectivity index (χ4v) is 2.91. The van der Waals surface area contributed by atoms with Crippen molar-refractivity contribution in [2.45, 2.75) is 27.2 Å². The van der Waals surface area contributed by atoms with Crippen LogP contribution in [0.5, 0.6) is 17.2 Å². The first-order chi connectivity index (χ1) is 12.5. The van der Waals surface area contributed by atoms with Crippen molar-refractivity contribution in [3.8, 4) is 17.2 Å². The molecule has 0 spiro atoms. The molecule has 26 heavy (non-hydrogen) atoms. The van der Waals surface area contributed by atoms with Crippen LogP contribution in [0.1, 0.15) is 37.5 Å². The molecule has 2 aromatic carbocycles. The first-order valence-electron chi connectivity index (χ1n) is 8.70. The number of phenolic OH excluding ortho intramolecular Hbond substituents is 2. The van der Waals surface area contributed by atoms with Gasteiger partial charge in [0.25, 0.3) is 0 Å². The summed E-state index contributed by atoms with van der Waals surface area (Å²) in [6.45, 7) is 6.69. The standard InChI is InChI=1S/C21H26N2O3/c1-5-26-19-11-7-10-18(25)21(19)15(3)23-13-12-16-8-6-9-17(24)20(16)14(2)22-4/h6-11,24-25H,5,12-13H2,1-4H3. The fraction of sp³-hybridized carbons (Fsp3) is 0.333. The van der Waals surface area contributed by atoms with Crippen molar-refractivity contribution in [1.82, 2.24) is 0 Å². The molecule has 0 saturated heterocycles. The number of nitrogens with zero attached hydrogens (tertiary/aromatic N) is 2. The van der Waals surface area contributed by atoms with E-state index < -0.39 is 0 Å². The van der Waals surface area contributed by atoms with E-state index in [0.717, 1.165) is 16.8 Å². The molecule has 0 aliphatic carbocycles. The van der Waals surface area contributed by atoms with Gasteiger partial charge in [0.05, 0.1) is 12.2 Å². The number of ether oxygens (including phenoxy) is 1. The van der Waals surface area contributed by atoms with Crippen molar-refractivity contribution >= 4 is 11.4 Å². The van der Waals surface area contributed by atoms with Crippen molar-refractivity contribution in [2.75, 3.05) is 20.2 Å². The first-order valence-corrected chi connectivity index (χ1v) is 8.70. The lowest BCUT2D eigenvalue weighted by atomic mass is 10.00. The van der Waals surface area contributed by atoms with E-state index in [1.807, 2.05) is 39.0 Å². The van der Waals surface area contributed by atoms with E-state index in [-0.39, 0.29) is 11.5 Å². The SMILES string of the molecule is CCOc1cccc(O)c1C(C)=NCCc1cccc(O)c1C(C)=NC. The number of benzene rings is 2. The van der Waals surface area contributed by atoms with E-state index in [1.54, 1.807) is 25.2 Å². The largest absolute Gasteiger partial charge is 0.507 e. The summed E-state index contributed by atoms with van der Waals surface area (Å²) in [6.07, 6.45) is 0.658. The Morgan fingerprint density at radius 3 is 2.27 bits per heavy atom. The molecule has 0 amide bonds. The molecular weight excluding hydrogens is 328 g/mol. The van der Waals surface area contributed by atoms with Gasteiger partial charge in [-0.15, -0.1) is 0 Å². The van der Waals surface area contributed by atoms with E-state index >= 15 is 0 Å². The Balaban J connectivity index is 2.24. The second kappa shape index (κ2) is 9.04. The van der Waals surface area contributed by atoms with Crippen LogP contribution in [0.3, 0.4) is 0 Å². The summed E-state index contributed by atoms with van der Waals surface area (Å²) in [4.78, 5) is 8.79. The van der Waals surface area contributed by atoms with Gasteiger partial charge in [-0.25, -0.2) is 0 Å². The molecule has 0 bridgehead atoms. The third-order valence-corrected chi connectivity index (χ3v) is 4.22. The van der Waals surface area contributed by atoms with Crippen LogP contribution in [0.2, 0.25) is 0 Å². The molecule has 2 aromatic rings. The highest BCUT2D eigenvalue weighted by Gasteiger charge is 2.13. The van der Waals surface area contributed by atoms with Gasteiger partial charge < -0.3 is 14.9 Å². The summed E-state index contributed by atoms with van der Waals surface area (Å²) < 4.78 is 5.59. The Kier molecular flexibility index (Phi) is 6.78. The molecule has 0 saturated carbocycles. The zero-order valence-corrected chi connectivity index (χ0v) is 15.8. The van der Waals surface area contributed by atoms with E-state index in [0.29, 0.717) is 36.6 Å². The van der Waals surface area contributed by atoms with Crippen LogP contribution in [-0.2, 0) is 6.42 Å². The van der Waals surface area contributed by atoms with Crippen LogP contribution in [0.4, 0.5) is 0 Å². The van der Waals surface area contributed by atoms with Gasteiger partial charge in [-0.05, 0) is 51.0 Å². The lowest BCUT2D eigenvalue weighted by Crippen LogP contribution is -2.06. The quantitative estimate of drug-likeness (QED) is 0.738. The highest BCUT2D eigenvalue weighted by Crippen LogP contribution is 2.28. The summed E-state index contributed by atoms with van der Waals surface area (Å²) in [7, 11) is 1.71. The van der Waals surface area contributed by atoms with Gasteiger partial charge in [0.1, 0.15) is 17.2 Å². The van der Waals surface area contributed by atoms with Crippen molar-refractivity contribution in [2.24, 2.45) is 9.98 Å². The maximum Gasteiger partial charge on any atom is 0.132 e. The molecule has 0 aliphatic rings. The number of hydrogen-bond acceptors (Lipinski definition) is 5. The van der Waals surface area contributed by atoms with E-state index in [1.165, 1.54) is 0 Å². The van der Waals surface area contributed by atoms with Crippen LogP contribution in [-0.4, -0.2) is 41.8 Å². The number of rotatable bonds is 7. The average Bonchev–Trinajstić information content (AvgIpc) is 2.61. The maximum atomic E-state index is 10.2. The highest BCUT2D eigenvalue weighted by molar-refractivity contribution is 6.04. The van der Waals surface area contributed by atoms with Crippen LogP contribution in [0.25, 0.3) is 0 Å². The lowest BCUT2D eigenvalue weighted by Gasteiger charge is -2.12. The van der Waals surface area contributed by atoms with Crippen LogP contribution in [0.15, 0.2) is 46.4 Å². The molecule has 0 unspecified atom stereocenters. The molecule has 5 nitrogen and oxygen atoms in total. The van der Waals surface area contributed by atoms with Gasteiger partial charge in [0.2, 0.25) is 0 Å². The Morgan fingerprint density at radius 2 is 1.62 bits per heavy atom. The van der Waals surface area contributed by atoms with Crippen molar-refractivity contribution in [3.63, 3.8) is 0 Å². The third-order valence-electron chi connectivity index (χ3n) is 4.22. The van der Waals surface area contributed by atoms with Crippen LogP contribution < -0.4 is 4.74 Å². The summed E-state index contributed by atoms with van der Waals surface area (Å²) in [5, 5.41) is 20.3. The van der Waals surface area contributed by atoms with Crippen LogP contribution >= 0.6 is 0 Å². The van der Waals surface area contributed by atoms with Gasteiger partial charge in [0, 0.05) is 30.6 Å². The van der Waals surface area contributed by atoms with Gasteiger partial charge in [-0.3, -0.25) is 9.98 Å².